The van der Waals surface area contributed by atoms with Gasteiger partial charge in [0.05, 0.1) is 16.6 Å². The van der Waals surface area contributed by atoms with Crippen molar-refractivity contribution in [2.24, 2.45) is 5.92 Å². The molecule has 0 aliphatic heterocycles. The molecular formula is C13H17NO2S. The maximum absolute atomic E-state index is 10.8. The third-order valence-corrected chi connectivity index (χ3v) is 5.01. The van der Waals surface area contributed by atoms with Crippen LogP contribution in [0.2, 0.25) is 0 Å². The van der Waals surface area contributed by atoms with E-state index < -0.39 is 5.97 Å². The summed E-state index contributed by atoms with van der Waals surface area (Å²) in [6, 6.07) is 0. The fourth-order valence-electron chi connectivity index (χ4n) is 2.80. The van der Waals surface area contributed by atoms with Crippen LogP contribution in [0.25, 0.3) is 0 Å². The Bertz CT molecular complexity index is 423. The van der Waals surface area contributed by atoms with Crippen LogP contribution in [0.5, 0.6) is 0 Å². The Labute approximate surface area is 105 Å². The molecule has 3 rings (SSSR count). The van der Waals surface area contributed by atoms with E-state index in [1.165, 1.54) is 37.1 Å². The van der Waals surface area contributed by atoms with Gasteiger partial charge in [-0.15, -0.1) is 11.3 Å². The van der Waals surface area contributed by atoms with Gasteiger partial charge in [-0.1, -0.05) is 19.3 Å². The van der Waals surface area contributed by atoms with Crippen molar-refractivity contribution in [3.05, 3.63) is 16.1 Å². The average Bonchev–Trinajstić information content (AvgIpc) is 3.01. The molecule has 0 amide bonds. The van der Waals surface area contributed by atoms with Gasteiger partial charge < -0.3 is 5.11 Å². The van der Waals surface area contributed by atoms with E-state index in [0.717, 1.165) is 12.1 Å². The first-order valence-corrected chi connectivity index (χ1v) is 7.32. The van der Waals surface area contributed by atoms with E-state index in [0.29, 0.717) is 5.92 Å². The molecule has 1 aromatic rings. The Morgan fingerprint density at radius 2 is 2.12 bits per heavy atom. The van der Waals surface area contributed by atoms with Gasteiger partial charge in [0.25, 0.3) is 0 Å². The molecule has 2 aliphatic carbocycles. The van der Waals surface area contributed by atoms with Crippen molar-refractivity contribution >= 4 is 17.3 Å². The second-order valence-corrected chi connectivity index (χ2v) is 6.12. The maximum atomic E-state index is 10.8. The first-order valence-electron chi connectivity index (χ1n) is 6.44. The third-order valence-electron chi connectivity index (χ3n) is 3.98. The Balaban J connectivity index is 1.68. The molecule has 2 saturated carbocycles. The lowest BCUT2D eigenvalue weighted by molar-refractivity contribution is -0.138. The summed E-state index contributed by atoms with van der Waals surface area (Å²) in [5, 5.41) is 12.2. The summed E-state index contributed by atoms with van der Waals surface area (Å²) in [7, 11) is 0. The van der Waals surface area contributed by atoms with E-state index in [1.54, 1.807) is 11.3 Å². The SMILES string of the molecule is O=C(O)C1CC1c1csc(C2CCCCC2)n1. The molecule has 1 N–H and O–H groups in total. The van der Waals surface area contributed by atoms with Crippen molar-refractivity contribution in [1.82, 2.24) is 4.98 Å². The quantitative estimate of drug-likeness (QED) is 0.896. The normalized spacial score (nSPS) is 29.2. The van der Waals surface area contributed by atoms with E-state index in [4.69, 9.17) is 5.11 Å². The topological polar surface area (TPSA) is 50.2 Å². The molecule has 3 nitrogen and oxygen atoms in total. The molecule has 2 aliphatic rings. The van der Waals surface area contributed by atoms with Gasteiger partial charge in [0, 0.05) is 17.2 Å². The smallest absolute Gasteiger partial charge is 0.307 e. The number of aromatic nitrogens is 1. The Kier molecular flexibility index (Phi) is 2.90. The van der Waals surface area contributed by atoms with Crippen molar-refractivity contribution in [2.75, 3.05) is 0 Å². The standard InChI is InChI=1S/C13H17NO2S/c15-13(16)10-6-9(10)11-7-17-12(14-11)8-4-2-1-3-5-8/h7-10H,1-6H2,(H,15,16). The zero-order valence-electron chi connectivity index (χ0n) is 9.76. The predicted octanol–water partition coefficient (Wildman–Crippen LogP) is 3.38. The van der Waals surface area contributed by atoms with E-state index in [2.05, 4.69) is 10.4 Å². The fourth-order valence-corrected chi connectivity index (χ4v) is 3.86. The van der Waals surface area contributed by atoms with Crippen molar-refractivity contribution in [2.45, 2.75) is 50.4 Å². The number of carboxylic acid groups (broad SMARTS) is 1. The van der Waals surface area contributed by atoms with Gasteiger partial charge in [0.2, 0.25) is 0 Å². The van der Waals surface area contributed by atoms with E-state index in [1.807, 2.05) is 0 Å². The van der Waals surface area contributed by atoms with Crippen LogP contribution in [0.3, 0.4) is 0 Å². The number of aliphatic carboxylic acids is 1. The summed E-state index contributed by atoms with van der Waals surface area (Å²) in [5.74, 6) is 0.00383. The zero-order chi connectivity index (χ0) is 11.8. The lowest BCUT2D eigenvalue weighted by Gasteiger charge is -2.18. The highest BCUT2D eigenvalue weighted by Crippen LogP contribution is 2.48. The van der Waals surface area contributed by atoms with Crippen LogP contribution in [0.4, 0.5) is 0 Å². The van der Waals surface area contributed by atoms with Crippen LogP contribution >= 0.6 is 11.3 Å². The summed E-state index contributed by atoms with van der Waals surface area (Å²) in [5.41, 5.74) is 1.03. The zero-order valence-corrected chi connectivity index (χ0v) is 10.6. The number of hydrogen-bond acceptors (Lipinski definition) is 3. The van der Waals surface area contributed by atoms with Gasteiger partial charge in [-0.25, -0.2) is 4.98 Å². The lowest BCUT2D eigenvalue weighted by atomic mass is 9.90. The minimum atomic E-state index is -0.665. The minimum absolute atomic E-state index is 0.170. The Morgan fingerprint density at radius 3 is 2.76 bits per heavy atom. The van der Waals surface area contributed by atoms with Gasteiger partial charge >= 0.3 is 5.97 Å². The summed E-state index contributed by atoms with van der Waals surface area (Å²) >= 11 is 1.73. The molecule has 0 radical (unpaired) electrons. The predicted molar refractivity (Wildman–Crippen MR) is 66.4 cm³/mol. The second kappa shape index (κ2) is 4.41. The van der Waals surface area contributed by atoms with Crippen LogP contribution < -0.4 is 0 Å². The average molecular weight is 251 g/mol. The van der Waals surface area contributed by atoms with Gasteiger partial charge in [0.1, 0.15) is 0 Å². The van der Waals surface area contributed by atoms with Gasteiger partial charge in [-0.05, 0) is 19.3 Å². The van der Waals surface area contributed by atoms with E-state index in [-0.39, 0.29) is 11.8 Å². The highest BCUT2D eigenvalue weighted by atomic mass is 32.1. The first kappa shape index (κ1) is 11.2. The summed E-state index contributed by atoms with van der Waals surface area (Å²) in [6.45, 7) is 0. The molecule has 4 heteroatoms. The van der Waals surface area contributed by atoms with Crippen LogP contribution in [0, 0.1) is 5.92 Å². The van der Waals surface area contributed by atoms with Gasteiger partial charge in [-0.2, -0.15) is 0 Å². The van der Waals surface area contributed by atoms with Crippen LogP contribution in [-0.4, -0.2) is 16.1 Å². The summed E-state index contributed by atoms with van der Waals surface area (Å²) < 4.78 is 0. The number of carbonyl (C=O) groups is 1. The molecule has 92 valence electrons. The Hall–Kier alpha value is -0.900. The molecule has 1 aromatic heterocycles. The Morgan fingerprint density at radius 1 is 1.35 bits per heavy atom. The van der Waals surface area contributed by atoms with Crippen LogP contribution in [0.1, 0.15) is 61.1 Å². The molecule has 0 bridgehead atoms. The minimum Gasteiger partial charge on any atom is -0.481 e. The van der Waals surface area contributed by atoms with Crippen LogP contribution in [0.15, 0.2) is 5.38 Å². The molecule has 2 unspecified atom stereocenters. The molecule has 1 heterocycles. The number of carboxylic acids is 1. The number of hydrogen-bond donors (Lipinski definition) is 1. The van der Waals surface area contributed by atoms with Crippen molar-refractivity contribution in [3.8, 4) is 0 Å². The maximum Gasteiger partial charge on any atom is 0.307 e. The van der Waals surface area contributed by atoms with Crippen LogP contribution in [-0.2, 0) is 4.79 Å². The van der Waals surface area contributed by atoms with Gasteiger partial charge in [-0.3, -0.25) is 4.79 Å². The molecule has 0 spiro atoms. The molecule has 0 aromatic carbocycles. The van der Waals surface area contributed by atoms with Crippen molar-refractivity contribution in [3.63, 3.8) is 0 Å². The van der Waals surface area contributed by atoms with E-state index in [9.17, 15) is 4.79 Å². The van der Waals surface area contributed by atoms with Crippen molar-refractivity contribution < 1.29 is 9.90 Å². The molecule has 0 saturated heterocycles. The summed E-state index contributed by atoms with van der Waals surface area (Å²) in [4.78, 5) is 15.5. The number of thiazole rings is 1. The largest absolute Gasteiger partial charge is 0.481 e. The van der Waals surface area contributed by atoms with Crippen molar-refractivity contribution in [1.29, 1.82) is 0 Å². The lowest BCUT2D eigenvalue weighted by Crippen LogP contribution is -2.04. The highest BCUT2D eigenvalue weighted by Gasteiger charge is 2.45. The monoisotopic (exact) mass is 251 g/mol. The second-order valence-electron chi connectivity index (χ2n) is 5.23. The fraction of sp³-hybridized carbons (Fsp3) is 0.692. The van der Waals surface area contributed by atoms with E-state index >= 15 is 0 Å². The molecule has 17 heavy (non-hydrogen) atoms. The highest BCUT2D eigenvalue weighted by molar-refractivity contribution is 7.09. The molecule has 2 fully saturated rings. The molecular weight excluding hydrogens is 234 g/mol. The molecule has 2 atom stereocenters. The van der Waals surface area contributed by atoms with Gasteiger partial charge in [0.15, 0.2) is 0 Å². The number of nitrogens with zero attached hydrogens (tertiary/aromatic N) is 1. The first-order chi connectivity index (χ1) is 8.25. The summed E-state index contributed by atoms with van der Waals surface area (Å²) in [6.07, 6.45) is 7.31. The third kappa shape index (κ3) is 2.23. The number of rotatable bonds is 3.